The van der Waals surface area contributed by atoms with Crippen molar-refractivity contribution >= 4 is 27.1 Å². The van der Waals surface area contributed by atoms with Crippen LogP contribution in [0.3, 0.4) is 0 Å². The summed E-state index contributed by atoms with van der Waals surface area (Å²) in [6, 6.07) is 6.22. The van der Waals surface area contributed by atoms with E-state index < -0.39 is 9.84 Å². The van der Waals surface area contributed by atoms with Crippen molar-refractivity contribution in [2.75, 3.05) is 18.6 Å². The molecule has 1 aromatic heterocycles. The first-order valence-corrected chi connectivity index (χ1v) is 10.7. The van der Waals surface area contributed by atoms with Gasteiger partial charge in [-0.1, -0.05) is 12.1 Å². The second-order valence-corrected chi connectivity index (χ2v) is 9.27. The third-order valence-corrected chi connectivity index (χ3v) is 7.08. The highest BCUT2D eigenvalue weighted by atomic mass is 32.2. The second-order valence-electron chi connectivity index (χ2n) is 6.19. The van der Waals surface area contributed by atoms with E-state index in [-0.39, 0.29) is 35.7 Å². The Morgan fingerprint density at radius 1 is 1.40 bits per heavy atom. The molecule has 1 unspecified atom stereocenters. The van der Waals surface area contributed by atoms with E-state index >= 15 is 0 Å². The number of nitrogens with zero attached hydrogens (tertiary/aromatic N) is 2. The number of amides is 1. The predicted molar refractivity (Wildman–Crippen MR) is 95.7 cm³/mol. The van der Waals surface area contributed by atoms with Gasteiger partial charge < -0.3 is 4.90 Å². The fourth-order valence-corrected chi connectivity index (χ4v) is 5.53. The van der Waals surface area contributed by atoms with E-state index in [1.54, 1.807) is 25.2 Å². The summed E-state index contributed by atoms with van der Waals surface area (Å²) in [5.41, 5.74) is 1.20. The number of thiazole rings is 1. The van der Waals surface area contributed by atoms with Crippen molar-refractivity contribution in [2.24, 2.45) is 0 Å². The lowest BCUT2D eigenvalue weighted by Crippen LogP contribution is -2.37. The van der Waals surface area contributed by atoms with Crippen LogP contribution < -0.4 is 0 Å². The molecule has 1 aliphatic heterocycles. The van der Waals surface area contributed by atoms with Gasteiger partial charge in [0.1, 0.15) is 10.8 Å². The molecule has 3 rings (SSSR count). The summed E-state index contributed by atoms with van der Waals surface area (Å²) in [4.78, 5) is 18.2. The molecule has 0 spiro atoms. The minimum absolute atomic E-state index is 0.0450. The number of benzene rings is 1. The highest BCUT2D eigenvalue weighted by Crippen LogP contribution is 2.26. The van der Waals surface area contributed by atoms with Crippen molar-refractivity contribution < 1.29 is 17.6 Å². The molecule has 2 heterocycles. The largest absolute Gasteiger partial charge is 0.342 e. The van der Waals surface area contributed by atoms with Crippen molar-refractivity contribution in [2.45, 2.75) is 25.3 Å². The lowest BCUT2D eigenvalue weighted by atomic mass is 10.2. The molecule has 0 N–H and O–H groups in total. The van der Waals surface area contributed by atoms with Gasteiger partial charge in [-0.05, 0) is 25.0 Å². The molecule has 1 amide bonds. The summed E-state index contributed by atoms with van der Waals surface area (Å²) in [7, 11) is -1.36. The molecular formula is C17H19FN2O3S2. The van der Waals surface area contributed by atoms with Gasteiger partial charge in [-0.15, -0.1) is 11.3 Å². The average Bonchev–Trinajstić information content (AvgIpc) is 3.18. The third kappa shape index (κ3) is 4.24. The first-order valence-electron chi connectivity index (χ1n) is 8.01. The minimum Gasteiger partial charge on any atom is -0.342 e. The number of rotatable bonds is 5. The van der Waals surface area contributed by atoms with E-state index in [1.807, 2.05) is 5.38 Å². The molecule has 2 aromatic rings. The van der Waals surface area contributed by atoms with Crippen molar-refractivity contribution in [1.29, 1.82) is 0 Å². The Kier molecular flexibility index (Phi) is 5.19. The molecule has 0 saturated carbocycles. The van der Waals surface area contributed by atoms with Gasteiger partial charge >= 0.3 is 0 Å². The fraction of sp³-hybridized carbons (Fsp3) is 0.412. The van der Waals surface area contributed by atoms with E-state index in [0.29, 0.717) is 23.4 Å². The number of carbonyl (C=O) groups is 1. The van der Waals surface area contributed by atoms with Crippen LogP contribution in [-0.2, 0) is 21.1 Å². The Morgan fingerprint density at radius 2 is 2.16 bits per heavy atom. The monoisotopic (exact) mass is 382 g/mol. The molecule has 5 nitrogen and oxygen atoms in total. The Bertz CT molecular complexity index is 880. The number of aryl methyl sites for hydroxylation is 1. The summed E-state index contributed by atoms with van der Waals surface area (Å²) in [5.74, 6) is -0.222. The smallest absolute Gasteiger partial charge is 0.222 e. The van der Waals surface area contributed by atoms with Crippen LogP contribution in [0.1, 0.15) is 18.5 Å². The van der Waals surface area contributed by atoms with Gasteiger partial charge in [0.25, 0.3) is 0 Å². The van der Waals surface area contributed by atoms with Crippen LogP contribution in [0.15, 0.2) is 29.6 Å². The van der Waals surface area contributed by atoms with Crippen LogP contribution in [0.2, 0.25) is 0 Å². The molecule has 8 heteroatoms. The van der Waals surface area contributed by atoms with Crippen molar-refractivity contribution in [3.63, 3.8) is 0 Å². The zero-order valence-electron chi connectivity index (χ0n) is 13.8. The van der Waals surface area contributed by atoms with Crippen LogP contribution >= 0.6 is 11.3 Å². The maximum absolute atomic E-state index is 13.8. The third-order valence-electron chi connectivity index (χ3n) is 4.40. The molecule has 1 saturated heterocycles. The van der Waals surface area contributed by atoms with E-state index in [9.17, 15) is 17.6 Å². The van der Waals surface area contributed by atoms with Gasteiger partial charge in [-0.3, -0.25) is 4.79 Å². The first kappa shape index (κ1) is 18.0. The van der Waals surface area contributed by atoms with Gasteiger partial charge in [0, 0.05) is 30.5 Å². The minimum atomic E-state index is -3.01. The topological polar surface area (TPSA) is 67.3 Å². The summed E-state index contributed by atoms with van der Waals surface area (Å²) >= 11 is 1.35. The Labute approximate surface area is 150 Å². The zero-order chi connectivity index (χ0) is 18.0. The number of hydrogen-bond donors (Lipinski definition) is 0. The highest BCUT2D eigenvalue weighted by molar-refractivity contribution is 7.91. The van der Waals surface area contributed by atoms with Gasteiger partial charge in [0.2, 0.25) is 5.91 Å². The number of aromatic nitrogens is 1. The van der Waals surface area contributed by atoms with Gasteiger partial charge in [-0.25, -0.2) is 17.8 Å². The number of halogens is 1. The molecular weight excluding hydrogens is 363 g/mol. The van der Waals surface area contributed by atoms with E-state index in [2.05, 4.69) is 4.98 Å². The van der Waals surface area contributed by atoms with Crippen LogP contribution in [0.5, 0.6) is 0 Å². The maximum atomic E-state index is 13.8. The maximum Gasteiger partial charge on any atom is 0.222 e. The molecule has 1 fully saturated rings. The van der Waals surface area contributed by atoms with Gasteiger partial charge in [0.05, 0.1) is 17.2 Å². The molecule has 1 aliphatic rings. The normalized spacial score (nSPS) is 19.0. The number of sulfone groups is 1. The molecule has 0 aliphatic carbocycles. The molecule has 134 valence electrons. The first-order chi connectivity index (χ1) is 11.9. The molecule has 25 heavy (non-hydrogen) atoms. The SMILES string of the molecule is CN(C(=O)CCc1csc(-c2ccccc2F)n1)C1CCS(=O)(=O)C1. The van der Waals surface area contributed by atoms with Gasteiger partial charge in [0.15, 0.2) is 9.84 Å². The number of hydrogen-bond acceptors (Lipinski definition) is 5. The fourth-order valence-electron chi connectivity index (χ4n) is 2.88. The van der Waals surface area contributed by atoms with E-state index in [1.165, 1.54) is 22.3 Å². The Morgan fingerprint density at radius 3 is 2.84 bits per heavy atom. The molecule has 0 radical (unpaired) electrons. The Hall–Kier alpha value is -1.80. The van der Waals surface area contributed by atoms with E-state index in [4.69, 9.17) is 0 Å². The summed E-state index contributed by atoms with van der Waals surface area (Å²) in [6.45, 7) is 0. The highest BCUT2D eigenvalue weighted by Gasteiger charge is 2.32. The van der Waals surface area contributed by atoms with Gasteiger partial charge in [-0.2, -0.15) is 0 Å². The van der Waals surface area contributed by atoms with Crippen LogP contribution in [0, 0.1) is 5.82 Å². The summed E-state index contributed by atoms with van der Waals surface area (Å²) in [5, 5.41) is 2.42. The van der Waals surface area contributed by atoms with Crippen molar-refractivity contribution in [3.8, 4) is 10.6 Å². The zero-order valence-corrected chi connectivity index (χ0v) is 15.4. The van der Waals surface area contributed by atoms with E-state index in [0.717, 1.165) is 5.69 Å². The number of carbonyl (C=O) groups excluding carboxylic acids is 1. The second kappa shape index (κ2) is 7.21. The quantitative estimate of drug-likeness (QED) is 0.797. The van der Waals surface area contributed by atoms with Crippen LogP contribution in [-0.4, -0.2) is 48.8 Å². The molecule has 1 aromatic carbocycles. The van der Waals surface area contributed by atoms with Crippen molar-refractivity contribution in [3.05, 3.63) is 41.2 Å². The predicted octanol–water partition coefficient (Wildman–Crippen LogP) is 2.53. The average molecular weight is 382 g/mol. The summed E-state index contributed by atoms with van der Waals surface area (Å²) in [6.07, 6.45) is 1.21. The standard InChI is InChI=1S/C17H19FN2O3S2/c1-20(13-8-9-25(22,23)11-13)16(21)7-6-12-10-24-17(19-12)14-4-2-3-5-15(14)18/h2-5,10,13H,6-9,11H2,1H3. The van der Waals surface area contributed by atoms with Crippen molar-refractivity contribution in [1.82, 2.24) is 9.88 Å². The lowest BCUT2D eigenvalue weighted by Gasteiger charge is -2.23. The van der Waals surface area contributed by atoms with Crippen LogP contribution in [0.25, 0.3) is 10.6 Å². The Balaban J connectivity index is 1.59. The summed E-state index contributed by atoms with van der Waals surface area (Å²) < 4.78 is 36.9. The molecule has 0 bridgehead atoms. The molecule has 1 atom stereocenters. The van der Waals surface area contributed by atoms with Crippen LogP contribution in [0.4, 0.5) is 4.39 Å². The lowest BCUT2D eigenvalue weighted by molar-refractivity contribution is -0.131.